The van der Waals surface area contributed by atoms with Gasteiger partial charge in [-0.25, -0.2) is 4.79 Å². The number of ether oxygens (including phenoxy) is 2. The molecule has 0 rings (SSSR count). The number of halogens is 6. The summed E-state index contributed by atoms with van der Waals surface area (Å²) in [5.41, 5.74) is -6.63. The van der Waals surface area contributed by atoms with E-state index < -0.39 is 53.7 Å². The highest BCUT2D eigenvalue weighted by Crippen LogP contribution is 2.50. The summed E-state index contributed by atoms with van der Waals surface area (Å²) in [5, 5.41) is 0. The normalized spacial score (nSPS) is 14.6. The SMILES string of the molecule is C=C(C)C(=O)OC(CC(C)C)CC(OC(=O)C(C)(C)C)(C(F)(F)F)C(F)(F)F. The first-order chi connectivity index (χ1) is 12.2. The predicted octanol–water partition coefficient (Wildman–Crippen LogP) is 5.36. The molecule has 0 N–H and O–H groups in total. The lowest BCUT2D eigenvalue weighted by atomic mass is 9.89. The molecule has 4 nitrogen and oxygen atoms in total. The molecule has 0 saturated carbocycles. The largest absolute Gasteiger partial charge is 0.459 e. The molecule has 10 heteroatoms. The molecule has 1 atom stereocenters. The number of carbonyl (C=O) groups is 2. The zero-order valence-corrected chi connectivity index (χ0v) is 16.7. The van der Waals surface area contributed by atoms with Crippen molar-refractivity contribution in [1.29, 1.82) is 0 Å². The zero-order valence-electron chi connectivity index (χ0n) is 16.7. The minimum absolute atomic E-state index is 0.190. The van der Waals surface area contributed by atoms with Gasteiger partial charge < -0.3 is 9.47 Å². The van der Waals surface area contributed by atoms with Gasteiger partial charge in [0.2, 0.25) is 0 Å². The number of hydrogen-bond acceptors (Lipinski definition) is 4. The fourth-order valence-corrected chi connectivity index (χ4v) is 2.13. The van der Waals surface area contributed by atoms with Crippen LogP contribution in [0.2, 0.25) is 0 Å². The number of rotatable bonds is 7. The third-order valence-electron chi connectivity index (χ3n) is 3.67. The Balaban J connectivity index is 6.28. The predicted molar refractivity (Wildman–Crippen MR) is 89.2 cm³/mol. The lowest BCUT2D eigenvalue weighted by molar-refractivity contribution is -0.377. The summed E-state index contributed by atoms with van der Waals surface area (Å²) in [5.74, 6) is -3.22. The molecular formula is C18H26F6O4. The Morgan fingerprint density at radius 3 is 1.68 bits per heavy atom. The van der Waals surface area contributed by atoms with E-state index in [0.717, 1.165) is 20.8 Å². The van der Waals surface area contributed by atoms with Crippen molar-refractivity contribution in [2.45, 2.75) is 78.4 Å². The first-order valence-electron chi connectivity index (χ1n) is 8.48. The summed E-state index contributed by atoms with van der Waals surface area (Å²) in [6, 6.07) is 0. The molecule has 0 aliphatic heterocycles. The molecular weight excluding hydrogens is 394 g/mol. The van der Waals surface area contributed by atoms with E-state index in [-0.39, 0.29) is 12.0 Å². The van der Waals surface area contributed by atoms with Crippen LogP contribution in [0.1, 0.15) is 54.4 Å². The fourth-order valence-electron chi connectivity index (χ4n) is 2.13. The van der Waals surface area contributed by atoms with Crippen LogP contribution in [0, 0.1) is 11.3 Å². The first kappa shape index (κ1) is 26.3. The van der Waals surface area contributed by atoms with Crippen molar-refractivity contribution >= 4 is 11.9 Å². The molecule has 0 spiro atoms. The highest BCUT2D eigenvalue weighted by Gasteiger charge is 2.75. The number of hydrogen-bond donors (Lipinski definition) is 0. The van der Waals surface area contributed by atoms with Gasteiger partial charge in [0.25, 0.3) is 0 Å². The highest BCUT2D eigenvalue weighted by molar-refractivity contribution is 5.87. The van der Waals surface area contributed by atoms with Crippen LogP contribution >= 0.6 is 0 Å². The second kappa shape index (κ2) is 8.73. The lowest BCUT2D eigenvalue weighted by Gasteiger charge is -2.40. The average Bonchev–Trinajstić information content (AvgIpc) is 2.41. The molecule has 28 heavy (non-hydrogen) atoms. The van der Waals surface area contributed by atoms with Crippen molar-refractivity contribution < 1.29 is 45.4 Å². The van der Waals surface area contributed by atoms with Crippen molar-refractivity contribution in [3.63, 3.8) is 0 Å². The van der Waals surface area contributed by atoms with Gasteiger partial charge in [0, 0.05) is 12.0 Å². The Morgan fingerprint density at radius 1 is 0.964 bits per heavy atom. The van der Waals surface area contributed by atoms with Crippen LogP contribution in [0.25, 0.3) is 0 Å². The molecule has 0 bridgehead atoms. The van der Waals surface area contributed by atoms with Gasteiger partial charge >= 0.3 is 29.9 Å². The Bertz CT molecular complexity index is 570. The van der Waals surface area contributed by atoms with Gasteiger partial charge in [0.15, 0.2) is 0 Å². The molecule has 0 amide bonds. The van der Waals surface area contributed by atoms with Crippen LogP contribution in [0.15, 0.2) is 12.2 Å². The number of alkyl halides is 6. The van der Waals surface area contributed by atoms with E-state index in [1.54, 1.807) is 0 Å². The standard InChI is InChI=1S/C18H26F6O4/c1-10(2)8-12(27-13(25)11(3)4)9-16(17(19,20)21,18(22,23)24)28-14(26)15(5,6)7/h10,12H,3,8-9H2,1-2,4-7H3. The summed E-state index contributed by atoms with van der Waals surface area (Å²) in [7, 11) is 0. The van der Waals surface area contributed by atoms with Crippen LogP contribution in [0.4, 0.5) is 26.3 Å². The van der Waals surface area contributed by atoms with Gasteiger partial charge in [-0.3, -0.25) is 4.79 Å². The maximum Gasteiger partial charge on any atom is 0.437 e. The fraction of sp³-hybridized carbons (Fsp3) is 0.778. The third kappa shape index (κ3) is 6.70. The molecule has 0 aromatic heterocycles. The minimum Gasteiger partial charge on any atom is -0.459 e. The van der Waals surface area contributed by atoms with Crippen LogP contribution in [0.5, 0.6) is 0 Å². The molecule has 0 heterocycles. The molecule has 0 saturated heterocycles. The Kier molecular flexibility index (Phi) is 8.19. The van der Waals surface area contributed by atoms with E-state index >= 15 is 0 Å². The molecule has 0 fully saturated rings. The molecule has 0 aliphatic rings. The third-order valence-corrected chi connectivity index (χ3v) is 3.67. The Labute approximate surface area is 160 Å². The maximum absolute atomic E-state index is 13.7. The smallest absolute Gasteiger partial charge is 0.437 e. The highest BCUT2D eigenvalue weighted by atomic mass is 19.4. The molecule has 0 radical (unpaired) electrons. The number of carbonyl (C=O) groups excluding carboxylic acids is 2. The summed E-state index contributed by atoms with van der Waals surface area (Å²) in [6.45, 7) is 10.9. The van der Waals surface area contributed by atoms with Gasteiger partial charge in [-0.2, -0.15) is 26.3 Å². The maximum atomic E-state index is 13.7. The van der Waals surface area contributed by atoms with Crippen molar-refractivity contribution in [3.05, 3.63) is 12.2 Å². The average molecular weight is 420 g/mol. The summed E-state index contributed by atoms with van der Waals surface area (Å²) < 4.78 is 90.8. The summed E-state index contributed by atoms with van der Waals surface area (Å²) >= 11 is 0. The van der Waals surface area contributed by atoms with Gasteiger partial charge in [-0.1, -0.05) is 20.4 Å². The lowest BCUT2D eigenvalue weighted by Crippen LogP contribution is -2.62. The van der Waals surface area contributed by atoms with Crippen LogP contribution in [-0.4, -0.2) is 36.0 Å². The molecule has 1 unspecified atom stereocenters. The first-order valence-corrected chi connectivity index (χ1v) is 8.48. The Morgan fingerprint density at radius 2 is 1.39 bits per heavy atom. The minimum atomic E-state index is -5.99. The van der Waals surface area contributed by atoms with Gasteiger partial charge in [-0.15, -0.1) is 0 Å². The van der Waals surface area contributed by atoms with Gasteiger partial charge in [-0.05, 0) is 40.0 Å². The van der Waals surface area contributed by atoms with E-state index in [1.165, 1.54) is 20.8 Å². The van der Waals surface area contributed by atoms with Crippen LogP contribution < -0.4 is 0 Å². The molecule has 0 aromatic carbocycles. The van der Waals surface area contributed by atoms with E-state index in [1.807, 2.05) is 0 Å². The number of esters is 2. The van der Waals surface area contributed by atoms with E-state index in [0.29, 0.717) is 0 Å². The van der Waals surface area contributed by atoms with E-state index in [2.05, 4.69) is 11.3 Å². The second-order valence-corrected chi connectivity index (χ2v) is 8.10. The van der Waals surface area contributed by atoms with E-state index in [4.69, 9.17) is 4.74 Å². The van der Waals surface area contributed by atoms with Crippen molar-refractivity contribution in [3.8, 4) is 0 Å². The summed E-state index contributed by atoms with van der Waals surface area (Å²) in [4.78, 5) is 23.7. The zero-order chi connectivity index (χ0) is 22.7. The van der Waals surface area contributed by atoms with Crippen LogP contribution in [0.3, 0.4) is 0 Å². The second-order valence-electron chi connectivity index (χ2n) is 8.10. The molecule has 164 valence electrons. The van der Waals surface area contributed by atoms with E-state index in [9.17, 15) is 35.9 Å². The van der Waals surface area contributed by atoms with Gasteiger partial charge in [0.1, 0.15) is 6.10 Å². The van der Waals surface area contributed by atoms with Gasteiger partial charge in [0.05, 0.1) is 5.41 Å². The summed E-state index contributed by atoms with van der Waals surface area (Å²) in [6.07, 6.45) is -15.9. The van der Waals surface area contributed by atoms with Crippen LogP contribution in [-0.2, 0) is 19.1 Å². The Hall–Kier alpha value is -1.74. The topological polar surface area (TPSA) is 52.6 Å². The monoisotopic (exact) mass is 420 g/mol. The van der Waals surface area contributed by atoms with Crippen molar-refractivity contribution in [2.75, 3.05) is 0 Å². The van der Waals surface area contributed by atoms with Crippen molar-refractivity contribution in [2.24, 2.45) is 11.3 Å². The van der Waals surface area contributed by atoms with Crippen molar-refractivity contribution in [1.82, 2.24) is 0 Å². The molecule has 0 aliphatic carbocycles. The molecule has 0 aromatic rings. The quantitative estimate of drug-likeness (QED) is 0.316.